The minimum absolute atomic E-state index is 0.294. The minimum atomic E-state index is 0.294. The molecule has 0 bridgehead atoms. The number of quaternary nitrogens is 1. The van der Waals surface area contributed by atoms with Crippen LogP contribution in [0.2, 0.25) is 0 Å². The summed E-state index contributed by atoms with van der Waals surface area (Å²) in [5, 5.41) is 0. The molecule has 0 spiro atoms. The molecule has 2 rings (SSSR count). The van der Waals surface area contributed by atoms with Crippen LogP contribution >= 0.6 is 15.9 Å². The van der Waals surface area contributed by atoms with Gasteiger partial charge in [0, 0.05) is 16.5 Å². The second kappa shape index (κ2) is 6.72. The summed E-state index contributed by atoms with van der Waals surface area (Å²) in [5.74, 6) is 0.294. The lowest BCUT2D eigenvalue weighted by molar-refractivity contribution is -0.942. The first-order valence-electron chi connectivity index (χ1n) is 7.46. The number of likely N-dealkylation sites (N-methyl/N-ethyl adjacent to an activating group) is 1. The number of nitrogens with zero attached hydrogens (tertiary/aromatic N) is 2. The fourth-order valence-corrected chi connectivity index (χ4v) is 3.19. The van der Waals surface area contributed by atoms with E-state index in [0.717, 1.165) is 48.2 Å². The van der Waals surface area contributed by atoms with E-state index in [4.69, 9.17) is 0 Å². The molecule has 0 saturated carbocycles. The number of rotatable bonds is 4. The van der Waals surface area contributed by atoms with Crippen molar-refractivity contribution in [1.82, 2.24) is 4.90 Å². The van der Waals surface area contributed by atoms with Crippen molar-refractivity contribution in [3.05, 3.63) is 34.3 Å². The van der Waals surface area contributed by atoms with Gasteiger partial charge >= 0.3 is 0 Å². The maximum atomic E-state index is 11.8. The number of benzene rings is 1. The smallest absolute Gasteiger partial charge is 0.222 e. The van der Waals surface area contributed by atoms with E-state index in [0.29, 0.717) is 12.3 Å². The van der Waals surface area contributed by atoms with E-state index in [9.17, 15) is 4.79 Å². The molecule has 0 atom stereocenters. The van der Waals surface area contributed by atoms with Crippen molar-refractivity contribution in [3.8, 4) is 0 Å². The third kappa shape index (κ3) is 3.61. The largest absolute Gasteiger partial charge is 0.331 e. The summed E-state index contributed by atoms with van der Waals surface area (Å²) >= 11 is 3.48. The van der Waals surface area contributed by atoms with E-state index >= 15 is 0 Å². The van der Waals surface area contributed by atoms with Crippen LogP contribution in [0.25, 0.3) is 0 Å². The number of amides is 1. The van der Waals surface area contributed by atoms with E-state index in [1.54, 1.807) is 0 Å². The summed E-state index contributed by atoms with van der Waals surface area (Å²) in [6.07, 6.45) is 0.624. The summed E-state index contributed by atoms with van der Waals surface area (Å²) in [6, 6.07) is 8.61. The van der Waals surface area contributed by atoms with Crippen LogP contribution in [-0.4, -0.2) is 48.0 Å². The van der Waals surface area contributed by atoms with Gasteiger partial charge in [0.2, 0.25) is 5.91 Å². The highest BCUT2D eigenvalue weighted by Crippen LogP contribution is 2.20. The molecule has 4 heteroatoms. The van der Waals surface area contributed by atoms with Crippen LogP contribution in [0.1, 0.15) is 25.8 Å². The molecule has 3 nitrogen and oxygen atoms in total. The van der Waals surface area contributed by atoms with E-state index in [1.807, 2.05) is 11.8 Å². The Bertz CT molecular complexity index is 450. The fraction of sp³-hybridized carbons (Fsp3) is 0.562. The van der Waals surface area contributed by atoms with Crippen LogP contribution in [-0.2, 0) is 11.3 Å². The highest BCUT2D eigenvalue weighted by atomic mass is 79.9. The Hall–Kier alpha value is -0.870. The molecule has 1 aliphatic rings. The van der Waals surface area contributed by atoms with Crippen molar-refractivity contribution >= 4 is 21.8 Å². The van der Waals surface area contributed by atoms with E-state index in [-0.39, 0.29) is 0 Å². The van der Waals surface area contributed by atoms with Crippen molar-refractivity contribution in [2.75, 3.05) is 32.7 Å². The molecule has 1 aliphatic heterocycles. The van der Waals surface area contributed by atoms with Gasteiger partial charge in [0.05, 0.1) is 32.7 Å². The summed E-state index contributed by atoms with van der Waals surface area (Å²) < 4.78 is 2.22. The normalized spacial score (nSPS) is 18.1. The number of hydrogen-bond acceptors (Lipinski definition) is 1. The molecule has 0 N–H and O–H groups in total. The quantitative estimate of drug-likeness (QED) is 0.772. The van der Waals surface area contributed by atoms with Crippen LogP contribution in [0.3, 0.4) is 0 Å². The summed E-state index contributed by atoms with van der Waals surface area (Å²) in [7, 11) is 0. The molecule has 0 unspecified atom stereocenters. The second-order valence-corrected chi connectivity index (χ2v) is 6.54. The molecule has 0 aliphatic carbocycles. The lowest BCUT2D eigenvalue weighted by Crippen LogP contribution is -2.59. The van der Waals surface area contributed by atoms with Crippen molar-refractivity contribution in [2.24, 2.45) is 0 Å². The van der Waals surface area contributed by atoms with Crippen LogP contribution in [0.5, 0.6) is 0 Å². The molecule has 1 heterocycles. The van der Waals surface area contributed by atoms with Crippen LogP contribution in [0.15, 0.2) is 28.7 Å². The minimum Gasteiger partial charge on any atom is -0.331 e. The van der Waals surface area contributed by atoms with Gasteiger partial charge in [-0.25, -0.2) is 0 Å². The first-order valence-corrected chi connectivity index (χ1v) is 8.25. The average molecular weight is 340 g/mol. The van der Waals surface area contributed by atoms with Crippen molar-refractivity contribution < 1.29 is 9.28 Å². The van der Waals surface area contributed by atoms with E-state index < -0.39 is 0 Å². The van der Waals surface area contributed by atoms with Crippen LogP contribution < -0.4 is 0 Å². The molecule has 1 aromatic rings. The zero-order chi connectivity index (χ0) is 14.6. The number of carbonyl (C=O) groups is 1. The molecular weight excluding hydrogens is 316 g/mol. The van der Waals surface area contributed by atoms with Gasteiger partial charge in [0.1, 0.15) is 6.54 Å². The molecule has 20 heavy (non-hydrogen) atoms. The van der Waals surface area contributed by atoms with Gasteiger partial charge in [-0.05, 0) is 19.1 Å². The van der Waals surface area contributed by atoms with E-state index in [2.05, 4.69) is 47.1 Å². The maximum Gasteiger partial charge on any atom is 0.222 e. The molecular formula is C16H24BrN2O+. The molecule has 1 amide bonds. The highest BCUT2D eigenvalue weighted by molar-refractivity contribution is 9.10. The molecule has 0 radical (unpaired) electrons. The molecule has 110 valence electrons. The molecule has 1 saturated heterocycles. The van der Waals surface area contributed by atoms with Gasteiger partial charge in [0.15, 0.2) is 0 Å². The third-order valence-electron chi connectivity index (χ3n) is 4.45. The number of piperazine rings is 1. The molecule has 1 aromatic carbocycles. The average Bonchev–Trinajstić information content (AvgIpc) is 2.49. The predicted molar refractivity (Wildman–Crippen MR) is 85.3 cm³/mol. The number of halogens is 1. The van der Waals surface area contributed by atoms with E-state index in [1.165, 1.54) is 5.56 Å². The first-order chi connectivity index (χ1) is 9.58. The van der Waals surface area contributed by atoms with Gasteiger partial charge in [-0.15, -0.1) is 0 Å². The number of carbonyl (C=O) groups excluding carboxylic acids is 1. The fourth-order valence-electron chi connectivity index (χ4n) is 2.93. The van der Waals surface area contributed by atoms with Crippen LogP contribution in [0.4, 0.5) is 0 Å². The number of hydrogen-bond donors (Lipinski definition) is 0. The van der Waals surface area contributed by atoms with Crippen molar-refractivity contribution in [3.63, 3.8) is 0 Å². The van der Waals surface area contributed by atoms with Gasteiger partial charge in [-0.3, -0.25) is 4.79 Å². The van der Waals surface area contributed by atoms with Crippen molar-refractivity contribution in [1.29, 1.82) is 0 Å². The monoisotopic (exact) mass is 339 g/mol. The zero-order valence-electron chi connectivity index (χ0n) is 12.4. The first kappa shape index (κ1) is 15.5. The third-order valence-corrected chi connectivity index (χ3v) is 4.97. The Morgan fingerprint density at radius 1 is 1.20 bits per heavy atom. The van der Waals surface area contributed by atoms with Gasteiger partial charge in [-0.1, -0.05) is 35.0 Å². The maximum absolute atomic E-state index is 11.8. The Morgan fingerprint density at radius 3 is 2.30 bits per heavy atom. The van der Waals surface area contributed by atoms with Gasteiger partial charge < -0.3 is 9.38 Å². The highest BCUT2D eigenvalue weighted by Gasteiger charge is 2.32. The Balaban J connectivity index is 2.01. The van der Waals surface area contributed by atoms with Gasteiger partial charge in [0.25, 0.3) is 0 Å². The lowest BCUT2D eigenvalue weighted by Gasteiger charge is -2.44. The molecule has 0 aromatic heterocycles. The summed E-state index contributed by atoms with van der Waals surface area (Å²) in [6.45, 7) is 10.3. The van der Waals surface area contributed by atoms with Crippen molar-refractivity contribution in [2.45, 2.75) is 26.8 Å². The predicted octanol–water partition coefficient (Wildman–Crippen LogP) is 3.04. The topological polar surface area (TPSA) is 20.3 Å². The lowest BCUT2D eigenvalue weighted by atomic mass is 10.1. The zero-order valence-corrected chi connectivity index (χ0v) is 14.0. The summed E-state index contributed by atoms with van der Waals surface area (Å²) in [4.78, 5) is 13.8. The Morgan fingerprint density at radius 2 is 1.80 bits per heavy atom. The van der Waals surface area contributed by atoms with Gasteiger partial charge in [-0.2, -0.15) is 0 Å². The SMILES string of the molecule is CCC(=O)N1CC[N+](CC)(Cc2ccc(Br)cc2)CC1. The second-order valence-electron chi connectivity index (χ2n) is 5.62. The van der Waals surface area contributed by atoms with Crippen LogP contribution in [0, 0.1) is 0 Å². The Kier molecular flexibility index (Phi) is 5.22. The standard InChI is InChI=1S/C16H24BrN2O/c1-3-16(20)18-9-11-19(4-2,12-10-18)13-14-5-7-15(17)8-6-14/h5-8H,3-4,9-13H2,1-2H3/q+1. The summed E-state index contributed by atoms with van der Waals surface area (Å²) in [5.41, 5.74) is 1.38. The Labute approximate surface area is 130 Å². The molecule has 1 fully saturated rings.